The molecule has 1 aliphatic rings. The van der Waals surface area contributed by atoms with E-state index < -0.39 is 0 Å². The molecule has 1 saturated heterocycles. The first-order valence-electron chi connectivity index (χ1n) is 6.37. The lowest BCUT2D eigenvalue weighted by Gasteiger charge is -2.23. The predicted octanol–water partition coefficient (Wildman–Crippen LogP) is 1.80. The van der Waals surface area contributed by atoms with Crippen molar-refractivity contribution in [1.82, 2.24) is 9.97 Å². The molecular weight excluding hydrogens is 224 g/mol. The molecule has 2 aromatic rings. The Morgan fingerprint density at radius 1 is 1.33 bits per heavy atom. The Hall–Kier alpha value is -1.68. The summed E-state index contributed by atoms with van der Waals surface area (Å²) < 4.78 is 0. The van der Waals surface area contributed by atoms with E-state index in [4.69, 9.17) is 5.73 Å². The molecule has 4 heteroatoms. The molecule has 18 heavy (non-hydrogen) atoms. The Bertz CT molecular complexity index is 563. The first-order valence-corrected chi connectivity index (χ1v) is 6.37. The van der Waals surface area contributed by atoms with Crippen LogP contribution in [0.5, 0.6) is 0 Å². The van der Waals surface area contributed by atoms with Gasteiger partial charge in [-0.15, -0.1) is 0 Å². The number of hydrogen-bond acceptors (Lipinski definition) is 4. The first kappa shape index (κ1) is 11.4. The van der Waals surface area contributed by atoms with Crippen LogP contribution in [-0.2, 0) is 0 Å². The molecule has 1 fully saturated rings. The third kappa shape index (κ3) is 1.82. The van der Waals surface area contributed by atoms with E-state index in [1.807, 2.05) is 18.2 Å². The molecule has 1 unspecified atom stereocenters. The maximum atomic E-state index is 5.86. The molecule has 4 nitrogen and oxygen atoms in total. The van der Waals surface area contributed by atoms with Crippen molar-refractivity contribution in [3.05, 3.63) is 30.6 Å². The van der Waals surface area contributed by atoms with Crippen molar-refractivity contribution in [2.45, 2.75) is 13.3 Å². The molecule has 94 valence electrons. The van der Waals surface area contributed by atoms with Crippen molar-refractivity contribution in [3.63, 3.8) is 0 Å². The highest BCUT2D eigenvalue weighted by Gasteiger charge is 2.33. The molecule has 1 atom stereocenters. The van der Waals surface area contributed by atoms with Gasteiger partial charge < -0.3 is 10.6 Å². The third-order valence-electron chi connectivity index (χ3n) is 3.87. The van der Waals surface area contributed by atoms with Crippen LogP contribution < -0.4 is 10.6 Å². The number of para-hydroxylation sites is 1. The van der Waals surface area contributed by atoms with Gasteiger partial charge in [-0.3, -0.25) is 0 Å². The summed E-state index contributed by atoms with van der Waals surface area (Å²) >= 11 is 0. The van der Waals surface area contributed by atoms with Gasteiger partial charge in [0.15, 0.2) is 0 Å². The van der Waals surface area contributed by atoms with Gasteiger partial charge in [0.25, 0.3) is 0 Å². The Morgan fingerprint density at radius 2 is 2.17 bits per heavy atom. The van der Waals surface area contributed by atoms with Gasteiger partial charge >= 0.3 is 0 Å². The zero-order valence-electron chi connectivity index (χ0n) is 10.6. The highest BCUT2D eigenvalue weighted by atomic mass is 15.2. The Labute approximate surface area is 107 Å². The second-order valence-corrected chi connectivity index (χ2v) is 5.40. The molecule has 0 bridgehead atoms. The molecule has 0 aliphatic carbocycles. The van der Waals surface area contributed by atoms with Crippen molar-refractivity contribution in [2.75, 3.05) is 24.5 Å². The Balaban J connectivity index is 2.01. The lowest BCUT2D eigenvalue weighted by molar-refractivity contribution is 0.383. The molecule has 2 heterocycles. The van der Waals surface area contributed by atoms with E-state index in [1.165, 1.54) is 0 Å². The second kappa shape index (κ2) is 4.21. The molecule has 0 saturated carbocycles. The largest absolute Gasteiger partial charge is 0.355 e. The molecule has 3 rings (SSSR count). The Morgan fingerprint density at radius 3 is 2.94 bits per heavy atom. The van der Waals surface area contributed by atoms with E-state index in [2.05, 4.69) is 27.9 Å². The molecule has 0 spiro atoms. The monoisotopic (exact) mass is 242 g/mol. The quantitative estimate of drug-likeness (QED) is 0.872. The van der Waals surface area contributed by atoms with Gasteiger partial charge in [0.2, 0.25) is 0 Å². The van der Waals surface area contributed by atoms with E-state index in [0.717, 1.165) is 42.8 Å². The van der Waals surface area contributed by atoms with Crippen LogP contribution in [0.25, 0.3) is 10.9 Å². The van der Waals surface area contributed by atoms with Gasteiger partial charge in [-0.05, 0) is 30.5 Å². The van der Waals surface area contributed by atoms with E-state index >= 15 is 0 Å². The molecule has 1 aromatic heterocycles. The smallest absolute Gasteiger partial charge is 0.139 e. The topological polar surface area (TPSA) is 55.0 Å². The van der Waals surface area contributed by atoms with E-state index in [-0.39, 0.29) is 5.41 Å². The van der Waals surface area contributed by atoms with Crippen molar-refractivity contribution in [1.29, 1.82) is 0 Å². The van der Waals surface area contributed by atoms with E-state index in [1.54, 1.807) is 6.33 Å². The average molecular weight is 242 g/mol. The van der Waals surface area contributed by atoms with Crippen LogP contribution in [0.15, 0.2) is 30.6 Å². The van der Waals surface area contributed by atoms with Gasteiger partial charge in [0.05, 0.1) is 5.52 Å². The fraction of sp³-hybridized carbons (Fsp3) is 0.429. The maximum Gasteiger partial charge on any atom is 0.139 e. The van der Waals surface area contributed by atoms with E-state index in [9.17, 15) is 0 Å². The minimum Gasteiger partial charge on any atom is -0.355 e. The van der Waals surface area contributed by atoms with Crippen LogP contribution in [0.3, 0.4) is 0 Å². The molecular formula is C14H18N4. The number of rotatable bonds is 2. The van der Waals surface area contributed by atoms with Gasteiger partial charge in [0, 0.05) is 18.5 Å². The van der Waals surface area contributed by atoms with Crippen LogP contribution in [0, 0.1) is 5.41 Å². The van der Waals surface area contributed by atoms with Crippen molar-refractivity contribution >= 4 is 16.7 Å². The number of anilines is 1. The lowest BCUT2D eigenvalue weighted by atomic mass is 9.90. The maximum absolute atomic E-state index is 5.86. The summed E-state index contributed by atoms with van der Waals surface area (Å²) in [5.74, 6) is 1.04. The zero-order valence-corrected chi connectivity index (χ0v) is 10.6. The number of nitrogens with two attached hydrogens (primary N) is 1. The molecule has 2 N–H and O–H groups in total. The minimum atomic E-state index is 0.214. The SMILES string of the molecule is CC1(CN)CCN(c2ncnc3ccccc23)C1. The summed E-state index contributed by atoms with van der Waals surface area (Å²) in [6.07, 6.45) is 2.78. The van der Waals surface area contributed by atoms with Crippen molar-refractivity contribution < 1.29 is 0 Å². The summed E-state index contributed by atoms with van der Waals surface area (Å²) in [6.45, 7) is 4.97. The van der Waals surface area contributed by atoms with Crippen LogP contribution in [-0.4, -0.2) is 29.6 Å². The van der Waals surface area contributed by atoms with Gasteiger partial charge in [0.1, 0.15) is 12.1 Å². The number of hydrogen-bond donors (Lipinski definition) is 1. The second-order valence-electron chi connectivity index (χ2n) is 5.40. The minimum absolute atomic E-state index is 0.214. The number of nitrogens with zero attached hydrogens (tertiary/aromatic N) is 3. The third-order valence-corrected chi connectivity index (χ3v) is 3.87. The zero-order chi connectivity index (χ0) is 12.6. The fourth-order valence-electron chi connectivity index (χ4n) is 2.61. The van der Waals surface area contributed by atoms with Crippen molar-refractivity contribution in [3.8, 4) is 0 Å². The number of aromatic nitrogens is 2. The Kier molecular flexibility index (Phi) is 2.67. The van der Waals surface area contributed by atoms with Crippen molar-refractivity contribution in [2.24, 2.45) is 11.1 Å². The van der Waals surface area contributed by atoms with E-state index in [0.29, 0.717) is 0 Å². The highest BCUT2D eigenvalue weighted by Crippen LogP contribution is 2.33. The van der Waals surface area contributed by atoms with Gasteiger partial charge in [-0.25, -0.2) is 9.97 Å². The summed E-state index contributed by atoms with van der Waals surface area (Å²) in [6, 6.07) is 8.15. The highest BCUT2D eigenvalue weighted by molar-refractivity contribution is 5.89. The molecule has 1 aliphatic heterocycles. The van der Waals surface area contributed by atoms with Crippen LogP contribution in [0.2, 0.25) is 0 Å². The standard InChI is InChI=1S/C14H18N4/c1-14(8-15)6-7-18(9-14)13-11-4-2-3-5-12(11)16-10-17-13/h2-5,10H,6-9,15H2,1H3. The van der Waals surface area contributed by atoms with Crippen LogP contribution >= 0.6 is 0 Å². The summed E-state index contributed by atoms with van der Waals surface area (Å²) in [5.41, 5.74) is 7.08. The summed E-state index contributed by atoms with van der Waals surface area (Å²) in [4.78, 5) is 11.1. The van der Waals surface area contributed by atoms with Crippen LogP contribution in [0.1, 0.15) is 13.3 Å². The predicted molar refractivity (Wildman–Crippen MR) is 73.5 cm³/mol. The lowest BCUT2D eigenvalue weighted by Crippen LogP contribution is -2.31. The molecule has 0 radical (unpaired) electrons. The molecule has 0 amide bonds. The average Bonchev–Trinajstić information content (AvgIpc) is 2.81. The molecule has 1 aromatic carbocycles. The van der Waals surface area contributed by atoms with Gasteiger partial charge in [-0.2, -0.15) is 0 Å². The normalized spacial score (nSPS) is 23.8. The first-order chi connectivity index (χ1) is 8.72. The fourth-order valence-corrected chi connectivity index (χ4v) is 2.61. The summed E-state index contributed by atoms with van der Waals surface area (Å²) in [7, 11) is 0. The van der Waals surface area contributed by atoms with Gasteiger partial charge in [-0.1, -0.05) is 19.1 Å². The van der Waals surface area contributed by atoms with Crippen LogP contribution in [0.4, 0.5) is 5.82 Å². The number of benzene rings is 1. The summed E-state index contributed by atoms with van der Waals surface area (Å²) in [5, 5.41) is 1.13. The number of fused-ring (bicyclic) bond motifs is 1.